The summed E-state index contributed by atoms with van der Waals surface area (Å²) in [5.41, 5.74) is 5.07. The van der Waals surface area contributed by atoms with E-state index in [1.807, 2.05) is 66.7 Å². The van der Waals surface area contributed by atoms with Gasteiger partial charge in [-0.25, -0.2) is 0 Å². The van der Waals surface area contributed by atoms with E-state index >= 15 is 0 Å². The van der Waals surface area contributed by atoms with Crippen molar-refractivity contribution < 1.29 is 5.11 Å². The predicted octanol–water partition coefficient (Wildman–Crippen LogP) is 8.08. The molecule has 0 saturated heterocycles. The van der Waals surface area contributed by atoms with Crippen molar-refractivity contribution in [1.29, 1.82) is 0 Å². The van der Waals surface area contributed by atoms with Crippen LogP contribution in [0.3, 0.4) is 0 Å². The summed E-state index contributed by atoms with van der Waals surface area (Å²) in [4.78, 5) is 0. The van der Waals surface area contributed by atoms with Crippen LogP contribution in [-0.2, 0) is 5.60 Å². The van der Waals surface area contributed by atoms with E-state index in [2.05, 4.69) is 30.3 Å². The van der Waals surface area contributed by atoms with E-state index in [9.17, 15) is 5.11 Å². The van der Waals surface area contributed by atoms with Gasteiger partial charge in [-0.1, -0.05) is 102 Å². The SMILES string of the molecule is OC1(c2ccccc2-c2ccc(Cl)cc2Cl)c2ccccc2-c2cc3ccccc3cc21. The van der Waals surface area contributed by atoms with Gasteiger partial charge < -0.3 is 5.11 Å². The Morgan fingerprint density at radius 1 is 0.500 bits per heavy atom. The molecule has 0 saturated carbocycles. The first-order valence-electron chi connectivity index (χ1n) is 10.5. The van der Waals surface area contributed by atoms with Crippen molar-refractivity contribution in [2.45, 2.75) is 5.60 Å². The van der Waals surface area contributed by atoms with E-state index in [4.69, 9.17) is 23.2 Å². The average Bonchev–Trinajstić information content (AvgIpc) is 3.07. The summed E-state index contributed by atoms with van der Waals surface area (Å²) in [5, 5.41) is 15.9. The molecule has 0 aliphatic heterocycles. The molecule has 0 fully saturated rings. The highest BCUT2D eigenvalue weighted by Gasteiger charge is 2.44. The molecule has 0 radical (unpaired) electrons. The Bertz CT molecular complexity index is 1520. The summed E-state index contributed by atoms with van der Waals surface area (Å²) >= 11 is 12.8. The van der Waals surface area contributed by atoms with Gasteiger partial charge in [0, 0.05) is 32.3 Å². The van der Waals surface area contributed by atoms with Crippen LogP contribution in [-0.4, -0.2) is 5.11 Å². The van der Waals surface area contributed by atoms with Crippen LogP contribution in [0.5, 0.6) is 0 Å². The summed E-state index contributed by atoms with van der Waals surface area (Å²) in [7, 11) is 0. The lowest BCUT2D eigenvalue weighted by Crippen LogP contribution is -2.27. The first kappa shape index (κ1) is 19.6. The molecule has 0 aromatic heterocycles. The number of aliphatic hydroxyl groups is 1. The van der Waals surface area contributed by atoms with E-state index in [0.29, 0.717) is 10.0 Å². The molecule has 3 heteroatoms. The Hall–Kier alpha value is -3.10. The standard InChI is InChI=1S/C29H18Cl2O/c30-20-13-14-23(28(31)17-20)21-9-3-5-11-25(21)29(32)26-12-6-4-10-22(26)24-15-18-7-1-2-8-19(18)16-27(24)29/h1-17,32H. The molecule has 5 aromatic carbocycles. The van der Waals surface area contributed by atoms with Gasteiger partial charge in [-0.15, -0.1) is 0 Å². The monoisotopic (exact) mass is 452 g/mol. The van der Waals surface area contributed by atoms with E-state index in [1.54, 1.807) is 6.07 Å². The van der Waals surface area contributed by atoms with Crippen LogP contribution >= 0.6 is 23.2 Å². The van der Waals surface area contributed by atoms with Crippen LogP contribution in [0.25, 0.3) is 33.0 Å². The number of rotatable bonds is 2. The van der Waals surface area contributed by atoms with Crippen LogP contribution < -0.4 is 0 Å². The smallest absolute Gasteiger partial charge is 0.142 e. The molecule has 0 bridgehead atoms. The lowest BCUT2D eigenvalue weighted by Gasteiger charge is -2.29. The third-order valence-corrected chi connectivity index (χ3v) is 6.97. The van der Waals surface area contributed by atoms with Crippen molar-refractivity contribution in [2.75, 3.05) is 0 Å². The Morgan fingerprint density at radius 2 is 1.06 bits per heavy atom. The minimum Gasteiger partial charge on any atom is -0.376 e. The summed E-state index contributed by atoms with van der Waals surface area (Å²) in [6, 6.07) is 34.0. The highest BCUT2D eigenvalue weighted by molar-refractivity contribution is 6.36. The lowest BCUT2D eigenvalue weighted by atomic mass is 9.80. The van der Waals surface area contributed by atoms with Gasteiger partial charge >= 0.3 is 0 Å². The molecule has 5 aromatic rings. The fourth-order valence-corrected chi connectivity index (χ4v) is 5.48. The minimum atomic E-state index is -1.31. The van der Waals surface area contributed by atoms with Crippen molar-refractivity contribution in [1.82, 2.24) is 0 Å². The zero-order chi connectivity index (χ0) is 21.9. The van der Waals surface area contributed by atoms with E-state index in [-0.39, 0.29) is 0 Å². The second-order valence-corrected chi connectivity index (χ2v) is 9.01. The van der Waals surface area contributed by atoms with E-state index in [0.717, 1.165) is 49.7 Å². The number of fused-ring (bicyclic) bond motifs is 4. The molecule has 1 N–H and O–H groups in total. The molecule has 0 spiro atoms. The van der Waals surface area contributed by atoms with Gasteiger partial charge in [0.15, 0.2) is 0 Å². The van der Waals surface area contributed by atoms with Crippen molar-refractivity contribution >= 4 is 34.0 Å². The second-order valence-electron chi connectivity index (χ2n) is 8.17. The van der Waals surface area contributed by atoms with Crippen molar-refractivity contribution in [3.05, 3.63) is 130 Å². The van der Waals surface area contributed by atoms with Crippen molar-refractivity contribution in [2.24, 2.45) is 0 Å². The average molecular weight is 453 g/mol. The Kier molecular flexibility index (Phi) is 4.41. The maximum absolute atomic E-state index is 12.5. The normalized spacial score (nSPS) is 16.7. The van der Waals surface area contributed by atoms with Gasteiger partial charge in [0.1, 0.15) is 5.60 Å². The molecule has 0 amide bonds. The molecule has 1 nitrogen and oxygen atoms in total. The molecular formula is C29H18Cl2O. The molecule has 6 rings (SSSR count). The first-order valence-corrected chi connectivity index (χ1v) is 11.2. The quantitative estimate of drug-likeness (QED) is 0.287. The van der Waals surface area contributed by atoms with E-state index in [1.165, 1.54) is 0 Å². The topological polar surface area (TPSA) is 20.2 Å². The zero-order valence-electron chi connectivity index (χ0n) is 17.0. The van der Waals surface area contributed by atoms with Crippen LogP contribution in [0.2, 0.25) is 10.0 Å². The minimum absolute atomic E-state index is 0.554. The van der Waals surface area contributed by atoms with Crippen molar-refractivity contribution in [3.8, 4) is 22.3 Å². The summed E-state index contributed by atoms with van der Waals surface area (Å²) in [5.74, 6) is 0. The third kappa shape index (κ3) is 2.76. The molecule has 154 valence electrons. The third-order valence-electron chi connectivity index (χ3n) is 6.42. The molecule has 0 heterocycles. The van der Waals surface area contributed by atoms with Gasteiger partial charge in [0.05, 0.1) is 0 Å². The fraction of sp³-hybridized carbons (Fsp3) is 0.0345. The molecular weight excluding hydrogens is 435 g/mol. The summed E-state index contributed by atoms with van der Waals surface area (Å²) in [6.45, 7) is 0. The van der Waals surface area contributed by atoms with Gasteiger partial charge in [-0.2, -0.15) is 0 Å². The summed E-state index contributed by atoms with van der Waals surface area (Å²) < 4.78 is 0. The molecule has 32 heavy (non-hydrogen) atoms. The van der Waals surface area contributed by atoms with Gasteiger partial charge in [0.2, 0.25) is 0 Å². The number of hydrogen-bond donors (Lipinski definition) is 1. The predicted molar refractivity (Wildman–Crippen MR) is 133 cm³/mol. The highest BCUT2D eigenvalue weighted by atomic mass is 35.5. The van der Waals surface area contributed by atoms with Crippen molar-refractivity contribution in [3.63, 3.8) is 0 Å². The molecule has 1 aliphatic rings. The number of halogens is 2. The Labute approximate surface area is 196 Å². The Balaban J connectivity index is 1.70. The van der Waals surface area contributed by atoms with Crippen LogP contribution in [0.4, 0.5) is 0 Å². The highest BCUT2D eigenvalue weighted by Crippen LogP contribution is 2.54. The largest absolute Gasteiger partial charge is 0.376 e. The maximum Gasteiger partial charge on any atom is 0.142 e. The first-order chi connectivity index (χ1) is 15.6. The maximum atomic E-state index is 12.5. The van der Waals surface area contributed by atoms with Gasteiger partial charge in [-0.3, -0.25) is 0 Å². The fourth-order valence-electron chi connectivity index (χ4n) is 4.97. The van der Waals surface area contributed by atoms with Gasteiger partial charge in [0.25, 0.3) is 0 Å². The number of benzene rings is 5. The molecule has 1 unspecified atom stereocenters. The molecule has 1 aliphatic carbocycles. The lowest BCUT2D eigenvalue weighted by molar-refractivity contribution is 0.131. The molecule has 1 atom stereocenters. The number of hydrogen-bond acceptors (Lipinski definition) is 1. The van der Waals surface area contributed by atoms with Crippen LogP contribution in [0.15, 0.2) is 103 Å². The van der Waals surface area contributed by atoms with Crippen LogP contribution in [0.1, 0.15) is 16.7 Å². The van der Waals surface area contributed by atoms with Gasteiger partial charge in [-0.05, 0) is 51.7 Å². The second kappa shape index (κ2) is 7.21. The van der Waals surface area contributed by atoms with Crippen LogP contribution in [0, 0.1) is 0 Å². The Morgan fingerprint density at radius 3 is 1.72 bits per heavy atom. The van der Waals surface area contributed by atoms with E-state index < -0.39 is 5.60 Å². The zero-order valence-corrected chi connectivity index (χ0v) is 18.5. The summed E-state index contributed by atoms with van der Waals surface area (Å²) in [6.07, 6.45) is 0.